The van der Waals surface area contributed by atoms with Gasteiger partial charge in [-0.15, -0.1) is 0 Å². The zero-order chi connectivity index (χ0) is 16.8. The molecule has 0 saturated heterocycles. The number of nitrogens with one attached hydrogen (secondary N) is 1. The Morgan fingerprint density at radius 3 is 2.72 bits per heavy atom. The van der Waals surface area contributed by atoms with Crippen LogP contribution in [0.4, 0.5) is 5.95 Å². The summed E-state index contributed by atoms with van der Waals surface area (Å²) in [4.78, 5) is 4.38. The van der Waals surface area contributed by atoms with Crippen molar-refractivity contribution in [1.82, 2.24) is 14.8 Å². The predicted octanol–water partition coefficient (Wildman–Crippen LogP) is 3.46. The van der Waals surface area contributed by atoms with Gasteiger partial charge in [-0.25, -0.2) is 4.68 Å². The SMILES string of the molecule is Cc1ccc(C2CC(c3ccc4c(c3)OCO4)Nc3ncnn32)cc1. The topological polar surface area (TPSA) is 61.2 Å². The van der Waals surface area contributed by atoms with E-state index in [1.54, 1.807) is 6.33 Å². The van der Waals surface area contributed by atoms with Crippen molar-refractivity contribution < 1.29 is 9.47 Å². The smallest absolute Gasteiger partial charge is 0.231 e. The number of hydrogen-bond acceptors (Lipinski definition) is 5. The van der Waals surface area contributed by atoms with E-state index in [1.807, 2.05) is 10.7 Å². The lowest BCUT2D eigenvalue weighted by atomic mass is 9.93. The normalized spacial score (nSPS) is 20.8. The Kier molecular flexibility index (Phi) is 3.16. The quantitative estimate of drug-likeness (QED) is 0.778. The molecule has 0 aliphatic carbocycles. The van der Waals surface area contributed by atoms with Gasteiger partial charge in [0.1, 0.15) is 6.33 Å². The van der Waals surface area contributed by atoms with Gasteiger partial charge in [0.2, 0.25) is 12.7 Å². The van der Waals surface area contributed by atoms with Crippen molar-refractivity contribution in [3.63, 3.8) is 0 Å². The summed E-state index contributed by atoms with van der Waals surface area (Å²) in [6.07, 6.45) is 2.49. The molecule has 0 bridgehead atoms. The first-order valence-electron chi connectivity index (χ1n) is 8.40. The molecule has 0 radical (unpaired) electrons. The molecule has 25 heavy (non-hydrogen) atoms. The molecule has 1 N–H and O–H groups in total. The van der Waals surface area contributed by atoms with E-state index in [9.17, 15) is 0 Å². The van der Waals surface area contributed by atoms with E-state index in [1.165, 1.54) is 11.1 Å². The summed E-state index contributed by atoms with van der Waals surface area (Å²) < 4.78 is 12.9. The number of aryl methyl sites for hydroxylation is 1. The van der Waals surface area contributed by atoms with Crippen LogP contribution in [0.1, 0.15) is 35.2 Å². The van der Waals surface area contributed by atoms with Crippen LogP contribution in [-0.2, 0) is 0 Å². The molecule has 3 aromatic rings. The average molecular weight is 334 g/mol. The molecule has 2 atom stereocenters. The number of benzene rings is 2. The first-order chi connectivity index (χ1) is 12.3. The Labute approximate surface area is 145 Å². The number of fused-ring (bicyclic) bond motifs is 2. The predicted molar refractivity (Wildman–Crippen MR) is 92.9 cm³/mol. The van der Waals surface area contributed by atoms with Crippen molar-refractivity contribution in [2.75, 3.05) is 12.1 Å². The molecular weight excluding hydrogens is 316 g/mol. The van der Waals surface area contributed by atoms with Crippen LogP contribution in [0.5, 0.6) is 11.5 Å². The van der Waals surface area contributed by atoms with Crippen LogP contribution < -0.4 is 14.8 Å². The molecule has 5 rings (SSSR count). The van der Waals surface area contributed by atoms with Gasteiger partial charge in [-0.1, -0.05) is 35.9 Å². The maximum atomic E-state index is 5.53. The third-order valence-electron chi connectivity index (χ3n) is 4.89. The van der Waals surface area contributed by atoms with E-state index in [0.29, 0.717) is 0 Å². The Morgan fingerprint density at radius 2 is 1.84 bits per heavy atom. The summed E-state index contributed by atoms with van der Waals surface area (Å²) in [7, 11) is 0. The standard InChI is InChI=1S/C19H18N4O2/c1-12-2-4-13(5-3-12)16-9-15(22-19-20-10-21-23(16)19)14-6-7-17-18(8-14)25-11-24-17/h2-8,10,15-16H,9,11H2,1H3,(H,20,21,22). The largest absolute Gasteiger partial charge is 0.454 e. The highest BCUT2D eigenvalue weighted by atomic mass is 16.7. The Hall–Kier alpha value is -3.02. The summed E-state index contributed by atoms with van der Waals surface area (Å²) >= 11 is 0. The molecule has 6 heteroatoms. The highest BCUT2D eigenvalue weighted by Gasteiger charge is 2.30. The molecule has 3 heterocycles. The number of nitrogens with zero attached hydrogens (tertiary/aromatic N) is 3. The van der Waals surface area contributed by atoms with E-state index >= 15 is 0 Å². The number of aromatic nitrogens is 3. The summed E-state index contributed by atoms with van der Waals surface area (Å²) in [6, 6.07) is 15.0. The first-order valence-corrected chi connectivity index (χ1v) is 8.40. The number of rotatable bonds is 2. The molecule has 2 aliphatic rings. The fraction of sp³-hybridized carbons (Fsp3) is 0.263. The lowest BCUT2D eigenvalue weighted by molar-refractivity contribution is 0.174. The minimum absolute atomic E-state index is 0.137. The minimum Gasteiger partial charge on any atom is -0.454 e. The van der Waals surface area contributed by atoms with E-state index in [-0.39, 0.29) is 18.9 Å². The second-order valence-corrected chi connectivity index (χ2v) is 6.50. The van der Waals surface area contributed by atoms with Crippen molar-refractivity contribution in [3.05, 3.63) is 65.5 Å². The molecule has 126 valence electrons. The van der Waals surface area contributed by atoms with Gasteiger partial charge >= 0.3 is 0 Å². The zero-order valence-corrected chi connectivity index (χ0v) is 13.8. The molecular formula is C19H18N4O2. The third-order valence-corrected chi connectivity index (χ3v) is 4.89. The monoisotopic (exact) mass is 334 g/mol. The first kappa shape index (κ1) is 14.3. The molecule has 0 amide bonds. The van der Waals surface area contributed by atoms with Gasteiger partial charge < -0.3 is 14.8 Å². The van der Waals surface area contributed by atoms with Crippen molar-refractivity contribution >= 4 is 5.95 Å². The van der Waals surface area contributed by atoms with Gasteiger partial charge in [0, 0.05) is 0 Å². The van der Waals surface area contributed by atoms with E-state index in [0.717, 1.165) is 29.4 Å². The van der Waals surface area contributed by atoms with Crippen LogP contribution in [-0.4, -0.2) is 21.6 Å². The Balaban J connectivity index is 1.52. The summed E-state index contributed by atoms with van der Waals surface area (Å²) in [5.41, 5.74) is 3.66. The van der Waals surface area contributed by atoms with Gasteiger partial charge in [0.05, 0.1) is 12.1 Å². The minimum atomic E-state index is 0.137. The number of hydrogen-bond donors (Lipinski definition) is 1. The van der Waals surface area contributed by atoms with Crippen molar-refractivity contribution in [2.24, 2.45) is 0 Å². The molecule has 0 spiro atoms. The van der Waals surface area contributed by atoms with Gasteiger partial charge in [-0.05, 0) is 36.6 Å². The van der Waals surface area contributed by atoms with Crippen LogP contribution in [0.2, 0.25) is 0 Å². The molecule has 0 saturated carbocycles. The number of anilines is 1. The van der Waals surface area contributed by atoms with E-state index in [4.69, 9.17) is 9.47 Å². The highest BCUT2D eigenvalue weighted by molar-refractivity contribution is 5.47. The highest BCUT2D eigenvalue weighted by Crippen LogP contribution is 2.40. The van der Waals surface area contributed by atoms with Gasteiger partial charge in [-0.3, -0.25) is 0 Å². The fourth-order valence-corrected chi connectivity index (χ4v) is 3.53. The number of ether oxygens (including phenoxy) is 2. The maximum absolute atomic E-state index is 5.53. The Bertz CT molecular complexity index is 919. The van der Waals surface area contributed by atoms with Crippen molar-refractivity contribution in [2.45, 2.75) is 25.4 Å². The second kappa shape index (κ2) is 5.51. The third kappa shape index (κ3) is 2.41. The molecule has 2 aliphatic heterocycles. The van der Waals surface area contributed by atoms with Gasteiger partial charge in [0.15, 0.2) is 11.5 Å². The summed E-state index contributed by atoms with van der Waals surface area (Å²) in [5.74, 6) is 2.40. The molecule has 2 aromatic carbocycles. The van der Waals surface area contributed by atoms with Crippen LogP contribution in [0.15, 0.2) is 48.8 Å². The van der Waals surface area contributed by atoms with E-state index in [2.05, 4.69) is 58.7 Å². The lowest BCUT2D eigenvalue weighted by Crippen LogP contribution is -2.28. The lowest BCUT2D eigenvalue weighted by Gasteiger charge is -2.32. The van der Waals surface area contributed by atoms with Crippen molar-refractivity contribution in [3.8, 4) is 11.5 Å². The maximum Gasteiger partial charge on any atom is 0.231 e. The van der Waals surface area contributed by atoms with Crippen LogP contribution in [0.3, 0.4) is 0 Å². The average Bonchev–Trinajstić information content (AvgIpc) is 3.29. The molecule has 0 fully saturated rings. The molecule has 6 nitrogen and oxygen atoms in total. The van der Waals surface area contributed by atoms with Crippen LogP contribution in [0.25, 0.3) is 0 Å². The van der Waals surface area contributed by atoms with E-state index < -0.39 is 0 Å². The van der Waals surface area contributed by atoms with Crippen LogP contribution >= 0.6 is 0 Å². The molecule has 1 aromatic heterocycles. The second-order valence-electron chi connectivity index (χ2n) is 6.50. The molecule has 2 unspecified atom stereocenters. The fourth-order valence-electron chi connectivity index (χ4n) is 3.53. The summed E-state index contributed by atoms with van der Waals surface area (Å²) in [6.45, 7) is 2.39. The zero-order valence-electron chi connectivity index (χ0n) is 13.8. The Morgan fingerprint density at radius 1 is 1.04 bits per heavy atom. The van der Waals surface area contributed by atoms with Crippen LogP contribution in [0, 0.1) is 6.92 Å². The van der Waals surface area contributed by atoms with Gasteiger partial charge in [0.25, 0.3) is 0 Å². The summed E-state index contributed by atoms with van der Waals surface area (Å²) in [5, 5.41) is 7.91. The van der Waals surface area contributed by atoms with Gasteiger partial charge in [-0.2, -0.15) is 10.1 Å². The van der Waals surface area contributed by atoms with Crippen molar-refractivity contribution in [1.29, 1.82) is 0 Å².